The van der Waals surface area contributed by atoms with Crippen LogP contribution in [0.15, 0.2) is 23.3 Å². The molecule has 0 amide bonds. The van der Waals surface area contributed by atoms with Crippen LogP contribution in [-0.4, -0.2) is 79.0 Å². The predicted molar refractivity (Wildman–Crippen MR) is 147 cm³/mol. The zero-order valence-electron chi connectivity index (χ0n) is 24.5. The third-order valence-corrected chi connectivity index (χ3v) is 6.26. The van der Waals surface area contributed by atoms with Crippen molar-refractivity contribution in [2.24, 2.45) is 5.10 Å². The van der Waals surface area contributed by atoms with Gasteiger partial charge < -0.3 is 89.3 Å². The molecule has 7 N–H and O–H groups in total. The minimum absolute atomic E-state index is 0. The molecule has 18 heteroatoms. The number of rotatable bonds is 9. The van der Waals surface area contributed by atoms with E-state index in [9.17, 15) is 30.6 Å². The Balaban J connectivity index is 0.00000337. The molecule has 4 rings (SSSR count). The van der Waals surface area contributed by atoms with E-state index < -0.39 is 40.2 Å². The van der Waals surface area contributed by atoms with Gasteiger partial charge in [0.25, 0.3) is 0 Å². The van der Waals surface area contributed by atoms with Crippen LogP contribution in [0.25, 0.3) is 5.70 Å². The van der Waals surface area contributed by atoms with Crippen LogP contribution >= 0.6 is 0 Å². The monoisotopic (exact) mass is 746 g/mol. The molecular weight excluding hydrogens is 720 g/mol. The van der Waals surface area contributed by atoms with Crippen molar-refractivity contribution >= 4 is 17.1 Å². The molecule has 0 saturated heterocycles. The molecule has 0 saturated carbocycles. The zero-order chi connectivity index (χ0) is 30.9. The average molecular weight is 749 g/mol. The van der Waals surface area contributed by atoms with Crippen molar-refractivity contribution in [2.45, 2.75) is 0 Å². The summed E-state index contributed by atoms with van der Waals surface area (Å²) in [6.45, 7) is 0. The van der Waals surface area contributed by atoms with Crippen molar-refractivity contribution in [2.75, 3.05) is 47.8 Å². The smallest absolute Gasteiger partial charge is 1.00 e. The van der Waals surface area contributed by atoms with E-state index >= 15 is 0 Å². The second-order valence-electron chi connectivity index (χ2n) is 8.41. The summed E-state index contributed by atoms with van der Waals surface area (Å²) < 4.78 is 31.2. The second-order valence-corrected chi connectivity index (χ2v) is 8.41. The fraction of sp³-hybridized carbons (Fsp3) is 0.222. The Morgan fingerprint density at radius 2 is 0.867 bits per heavy atom. The fourth-order valence-corrected chi connectivity index (χ4v) is 4.16. The Kier molecular flexibility index (Phi) is 13.5. The normalized spacial score (nSPS) is 11.7. The number of hydrogen-bond acceptors (Lipinski definition) is 15. The van der Waals surface area contributed by atoms with Crippen molar-refractivity contribution in [3.05, 3.63) is 35.4 Å². The Hall–Kier alpha value is -4.27. The maximum atomic E-state index is 11.0. The third kappa shape index (κ3) is 6.72. The van der Waals surface area contributed by atoms with Gasteiger partial charge in [-0.1, -0.05) is 0 Å². The standard InChI is InChI=1S/C27H28N3O12.2ClH.Zr/c1-37-13-8-14(38-2)23(32)19(22(13)31)11-7-12(20-24(33)15(39-3)9-16(40-4)25(20)34)29-30(28-11)21-26(35)17(41-5)10-18(42-6)27(21)36;;;/h8-10,28,31-36H,1-6H3;2*1H;/q-1;;;+3/p-2. The Bertz CT molecular complexity index is 1540. The van der Waals surface area contributed by atoms with E-state index in [1.807, 2.05) is 0 Å². The summed E-state index contributed by atoms with van der Waals surface area (Å²) in [6, 6.07) is 3.69. The number of halogens is 2. The number of methoxy groups -OCH3 is 6. The molecule has 1 aliphatic heterocycles. The van der Waals surface area contributed by atoms with E-state index in [1.165, 1.54) is 60.9 Å². The summed E-state index contributed by atoms with van der Waals surface area (Å²) in [5.41, 5.74) is 0.992. The Labute approximate surface area is 288 Å². The number of hydrazone groups is 1. The van der Waals surface area contributed by atoms with E-state index in [0.29, 0.717) is 0 Å². The van der Waals surface area contributed by atoms with Crippen molar-refractivity contribution in [3.8, 4) is 69.0 Å². The topological polar surface area (TPSA) is 204 Å². The molecule has 0 spiro atoms. The van der Waals surface area contributed by atoms with Crippen LogP contribution in [0, 0.1) is 6.08 Å². The molecule has 1 aliphatic rings. The van der Waals surface area contributed by atoms with Gasteiger partial charge in [-0.3, -0.25) is 0 Å². The first-order chi connectivity index (χ1) is 20.1. The van der Waals surface area contributed by atoms with E-state index in [2.05, 4.69) is 16.6 Å². The summed E-state index contributed by atoms with van der Waals surface area (Å²) in [5, 5.41) is 71.2. The minimum Gasteiger partial charge on any atom is -1.00 e. The number of nitrogens with zero attached hydrogens (tertiary/aromatic N) is 2. The van der Waals surface area contributed by atoms with E-state index in [-0.39, 0.29) is 108 Å². The fourth-order valence-electron chi connectivity index (χ4n) is 4.16. The molecule has 0 unspecified atom stereocenters. The number of allylic oxidation sites excluding steroid dienone is 1. The average Bonchev–Trinajstić information content (AvgIpc) is 2.98. The van der Waals surface area contributed by atoms with Crippen molar-refractivity contribution in [3.63, 3.8) is 0 Å². The number of nitrogens with one attached hydrogen (secondary N) is 1. The number of hydrazine groups is 1. The number of ether oxygens (including phenoxy) is 6. The summed E-state index contributed by atoms with van der Waals surface area (Å²) in [7, 11) is 7.63. The van der Waals surface area contributed by atoms with Gasteiger partial charge in [-0.05, 0) is 22.5 Å². The SMILES string of the molecule is COc1cc(OC)c(O)c(C2=[C-]C(c3c(O)c(OC)cc(OC)c3O)=NN(c3c(O)c(OC)cc(OC)c3O)N2)c1O.[Cl-].[Cl-].[Zr+3]. The minimum atomic E-state index is -0.610. The first-order valence-corrected chi connectivity index (χ1v) is 11.9. The van der Waals surface area contributed by atoms with Gasteiger partial charge in [-0.2, -0.15) is 10.2 Å². The van der Waals surface area contributed by atoms with Crippen LogP contribution in [0.5, 0.6) is 69.0 Å². The van der Waals surface area contributed by atoms with Crippen molar-refractivity contribution < 1.29 is 110 Å². The summed E-state index contributed by atoms with van der Waals surface area (Å²) in [4.78, 5) is 0. The van der Waals surface area contributed by atoms with E-state index in [0.717, 1.165) is 5.12 Å². The summed E-state index contributed by atoms with van der Waals surface area (Å²) in [6.07, 6.45) is 2.78. The van der Waals surface area contributed by atoms with Crippen LogP contribution in [-0.2, 0) is 26.2 Å². The van der Waals surface area contributed by atoms with Gasteiger partial charge in [0.15, 0.2) is 51.7 Å². The van der Waals surface area contributed by atoms with Gasteiger partial charge in [0.05, 0.1) is 42.7 Å². The molecule has 0 aliphatic carbocycles. The third-order valence-electron chi connectivity index (χ3n) is 6.26. The molecule has 0 fully saturated rings. The Morgan fingerprint density at radius 3 is 1.20 bits per heavy atom. The van der Waals surface area contributed by atoms with Gasteiger partial charge in [0.2, 0.25) is 0 Å². The first-order valence-electron chi connectivity index (χ1n) is 11.9. The molecule has 15 nitrogen and oxygen atoms in total. The molecular formula is C27H28Cl2N3O12Zr. The van der Waals surface area contributed by atoms with E-state index in [1.54, 1.807) is 0 Å². The van der Waals surface area contributed by atoms with Gasteiger partial charge in [0.1, 0.15) is 23.0 Å². The molecule has 1 radical (unpaired) electrons. The summed E-state index contributed by atoms with van der Waals surface area (Å²) in [5.74, 6) is -4.21. The molecule has 0 aromatic heterocycles. The van der Waals surface area contributed by atoms with Crippen LogP contribution in [0.1, 0.15) is 11.1 Å². The number of benzene rings is 3. The number of phenolic OH excluding ortho intramolecular Hbond substituents is 6. The molecule has 45 heavy (non-hydrogen) atoms. The zero-order valence-corrected chi connectivity index (χ0v) is 28.5. The van der Waals surface area contributed by atoms with Gasteiger partial charge in [-0.15, -0.1) is 6.08 Å². The molecule has 3 aromatic carbocycles. The van der Waals surface area contributed by atoms with Crippen molar-refractivity contribution in [1.82, 2.24) is 5.43 Å². The first kappa shape index (κ1) is 38.8. The van der Waals surface area contributed by atoms with Crippen LogP contribution < -0.4 is 63.8 Å². The van der Waals surface area contributed by atoms with Crippen LogP contribution in [0.2, 0.25) is 0 Å². The maximum absolute atomic E-state index is 11.0. The van der Waals surface area contributed by atoms with Gasteiger partial charge in [0, 0.05) is 18.2 Å². The number of hydrogen-bond donors (Lipinski definition) is 7. The van der Waals surface area contributed by atoms with Gasteiger partial charge >= 0.3 is 26.2 Å². The largest absolute Gasteiger partial charge is 3.00 e. The maximum Gasteiger partial charge on any atom is 3.00 e. The molecule has 241 valence electrons. The molecule has 3 aromatic rings. The number of phenols is 6. The molecule has 0 bridgehead atoms. The molecule has 1 heterocycles. The van der Waals surface area contributed by atoms with E-state index in [4.69, 9.17) is 28.4 Å². The van der Waals surface area contributed by atoms with Crippen LogP contribution in [0.4, 0.5) is 5.69 Å². The predicted octanol–water partition coefficient (Wildman–Crippen LogP) is -3.45. The van der Waals surface area contributed by atoms with Crippen LogP contribution in [0.3, 0.4) is 0 Å². The van der Waals surface area contributed by atoms with Crippen molar-refractivity contribution in [1.29, 1.82) is 0 Å². The quantitative estimate of drug-likeness (QED) is 0.107. The summed E-state index contributed by atoms with van der Waals surface area (Å²) >= 11 is 0. The number of aromatic hydroxyl groups is 6. The Morgan fingerprint density at radius 1 is 0.556 bits per heavy atom. The molecule has 0 atom stereocenters. The number of anilines is 1. The van der Waals surface area contributed by atoms with Gasteiger partial charge in [-0.25, -0.2) is 0 Å². The second kappa shape index (κ2) is 15.6.